The first-order valence-electron chi connectivity index (χ1n) is 9.35. The monoisotopic (exact) mass is 482 g/mol. The second-order valence-electron chi connectivity index (χ2n) is 7.05. The van der Waals surface area contributed by atoms with Gasteiger partial charge in [-0.1, -0.05) is 39.8 Å². The molecule has 8 heteroatoms. The van der Waals surface area contributed by atoms with Crippen LogP contribution in [0.2, 0.25) is 0 Å². The van der Waals surface area contributed by atoms with Crippen LogP contribution in [0.4, 0.5) is 0 Å². The maximum atomic E-state index is 12.9. The molecule has 0 aliphatic heterocycles. The molecular weight excluding hydrogens is 464 g/mol. The molecule has 0 amide bonds. The highest BCUT2D eigenvalue weighted by molar-refractivity contribution is 9.10. The average molecular weight is 483 g/mol. The van der Waals surface area contributed by atoms with E-state index in [1.807, 2.05) is 63.2 Å². The van der Waals surface area contributed by atoms with E-state index in [2.05, 4.69) is 26.1 Å². The zero-order chi connectivity index (χ0) is 21.4. The molecule has 1 unspecified atom stereocenters. The Morgan fingerprint density at radius 1 is 1.03 bits per heavy atom. The van der Waals surface area contributed by atoms with Gasteiger partial charge in [0.2, 0.25) is 5.65 Å². The highest BCUT2D eigenvalue weighted by Gasteiger charge is 2.21. The molecule has 4 aromatic rings. The molecule has 0 spiro atoms. The summed E-state index contributed by atoms with van der Waals surface area (Å²) in [5.74, 6) is 0.0167. The third-order valence-electron chi connectivity index (χ3n) is 4.99. The summed E-state index contributed by atoms with van der Waals surface area (Å²) in [5, 5.41) is 8.37. The van der Waals surface area contributed by atoms with Gasteiger partial charge in [0.1, 0.15) is 0 Å². The second-order valence-corrected chi connectivity index (χ2v) is 9.27. The van der Waals surface area contributed by atoms with E-state index in [1.165, 1.54) is 16.3 Å². The van der Waals surface area contributed by atoms with E-state index in [9.17, 15) is 9.59 Å². The number of fused-ring (bicyclic) bond motifs is 1. The van der Waals surface area contributed by atoms with Crippen molar-refractivity contribution in [2.75, 3.05) is 0 Å². The Hall–Kier alpha value is -2.71. The minimum absolute atomic E-state index is 0.0167. The van der Waals surface area contributed by atoms with Crippen molar-refractivity contribution in [1.82, 2.24) is 19.2 Å². The fourth-order valence-electron chi connectivity index (χ4n) is 3.09. The zero-order valence-electron chi connectivity index (χ0n) is 16.7. The normalized spacial score (nSPS) is 12.3. The lowest BCUT2D eigenvalue weighted by molar-refractivity contribution is 0.0994. The summed E-state index contributed by atoms with van der Waals surface area (Å²) >= 11 is 4.68. The molecular formula is C22H19BrN4O2S. The molecule has 0 bridgehead atoms. The molecule has 0 radical (unpaired) electrons. The topological polar surface area (TPSA) is 69.3 Å². The van der Waals surface area contributed by atoms with Gasteiger partial charge in [-0.25, -0.2) is 0 Å². The average Bonchev–Trinajstić information content (AvgIpc) is 3.14. The molecule has 0 fully saturated rings. The molecule has 6 nitrogen and oxygen atoms in total. The number of aryl methyl sites for hydroxylation is 2. The van der Waals surface area contributed by atoms with Crippen LogP contribution >= 0.6 is 27.7 Å². The molecule has 1 atom stereocenters. The lowest BCUT2D eigenvalue weighted by Crippen LogP contribution is -2.20. The first kappa shape index (κ1) is 20.6. The number of hydrogen-bond acceptors (Lipinski definition) is 5. The molecule has 2 heterocycles. The molecule has 2 aromatic carbocycles. The summed E-state index contributed by atoms with van der Waals surface area (Å²) in [6, 6.07) is 13.1. The molecule has 0 saturated heterocycles. The van der Waals surface area contributed by atoms with Gasteiger partial charge < -0.3 is 0 Å². The van der Waals surface area contributed by atoms with E-state index in [0.29, 0.717) is 10.7 Å². The number of hydrogen-bond donors (Lipinski definition) is 0. The fourth-order valence-corrected chi connectivity index (χ4v) is 4.26. The Kier molecular flexibility index (Phi) is 5.62. The van der Waals surface area contributed by atoms with Crippen LogP contribution in [0.3, 0.4) is 0 Å². The Bertz CT molecular complexity index is 1310. The van der Waals surface area contributed by atoms with Gasteiger partial charge >= 0.3 is 5.56 Å². The first-order valence-corrected chi connectivity index (χ1v) is 11.0. The van der Waals surface area contributed by atoms with E-state index < -0.39 is 0 Å². The maximum Gasteiger partial charge on any atom is 0.300 e. The van der Waals surface area contributed by atoms with Crippen LogP contribution in [-0.4, -0.2) is 30.2 Å². The van der Waals surface area contributed by atoms with Crippen molar-refractivity contribution < 1.29 is 4.79 Å². The number of carbonyl (C=O) groups is 1. The molecule has 30 heavy (non-hydrogen) atoms. The molecule has 0 aliphatic carbocycles. The summed E-state index contributed by atoms with van der Waals surface area (Å²) in [6.07, 6.45) is 3.43. The zero-order valence-corrected chi connectivity index (χ0v) is 19.1. The van der Waals surface area contributed by atoms with Crippen LogP contribution < -0.4 is 5.56 Å². The van der Waals surface area contributed by atoms with Crippen LogP contribution in [0.15, 0.2) is 69.3 Å². The minimum atomic E-state index is -0.367. The number of rotatable bonds is 5. The third kappa shape index (κ3) is 3.85. The number of halogens is 1. The summed E-state index contributed by atoms with van der Waals surface area (Å²) < 4.78 is 4.09. The van der Waals surface area contributed by atoms with Crippen LogP contribution in [-0.2, 0) is 0 Å². The van der Waals surface area contributed by atoms with Gasteiger partial charge in [0, 0.05) is 28.1 Å². The van der Waals surface area contributed by atoms with E-state index in [4.69, 9.17) is 0 Å². The van der Waals surface area contributed by atoms with Crippen LogP contribution in [0.25, 0.3) is 11.3 Å². The first-order chi connectivity index (χ1) is 14.3. The van der Waals surface area contributed by atoms with Gasteiger partial charge in [-0.15, -0.1) is 10.2 Å². The minimum Gasteiger partial charge on any atom is -0.293 e. The van der Waals surface area contributed by atoms with Crippen LogP contribution in [0, 0.1) is 13.8 Å². The van der Waals surface area contributed by atoms with Gasteiger partial charge in [0.25, 0.3) is 0 Å². The van der Waals surface area contributed by atoms with Crippen molar-refractivity contribution in [2.45, 2.75) is 31.2 Å². The smallest absolute Gasteiger partial charge is 0.293 e. The number of aromatic nitrogens is 4. The second kappa shape index (κ2) is 8.20. The maximum absolute atomic E-state index is 12.9. The van der Waals surface area contributed by atoms with Crippen molar-refractivity contribution in [3.8, 4) is 5.69 Å². The summed E-state index contributed by atoms with van der Waals surface area (Å²) in [5.41, 5.74) is 3.59. The van der Waals surface area contributed by atoms with E-state index in [1.54, 1.807) is 16.8 Å². The number of nitrogens with zero attached hydrogens (tertiary/aromatic N) is 4. The highest BCUT2D eigenvalue weighted by atomic mass is 79.9. The van der Waals surface area contributed by atoms with Gasteiger partial charge in [-0.2, -0.15) is 0 Å². The number of Topliss-reactive ketones (excluding diaryl/α,β-unsaturated/α-hetero) is 1. The van der Waals surface area contributed by atoms with Crippen molar-refractivity contribution in [2.24, 2.45) is 0 Å². The Labute approximate surface area is 186 Å². The summed E-state index contributed by atoms with van der Waals surface area (Å²) in [6.45, 7) is 5.85. The predicted octanol–water partition coefficient (Wildman–Crippen LogP) is 4.62. The van der Waals surface area contributed by atoms with Gasteiger partial charge in [-0.3, -0.25) is 18.6 Å². The highest BCUT2D eigenvalue weighted by Crippen LogP contribution is 2.25. The number of ketones is 1. The van der Waals surface area contributed by atoms with Crippen molar-refractivity contribution >= 4 is 39.1 Å². The summed E-state index contributed by atoms with van der Waals surface area (Å²) in [4.78, 5) is 25.7. The van der Waals surface area contributed by atoms with Crippen LogP contribution in [0.1, 0.15) is 28.4 Å². The Morgan fingerprint density at radius 3 is 2.47 bits per heavy atom. The van der Waals surface area contributed by atoms with E-state index in [0.717, 1.165) is 21.3 Å². The standard InChI is InChI=1S/C22H19BrN4O2S/c1-13-4-5-16(12-14(13)2)19(28)15(3)30-22-25-24-20-21(29)26(10-11-27(20)22)18-8-6-17(23)7-9-18/h4-12,15H,1-3H3. The largest absolute Gasteiger partial charge is 0.300 e. The van der Waals surface area contributed by atoms with Crippen molar-refractivity contribution in [1.29, 1.82) is 0 Å². The third-order valence-corrected chi connectivity index (χ3v) is 6.57. The lowest BCUT2D eigenvalue weighted by Gasteiger charge is -2.11. The van der Waals surface area contributed by atoms with E-state index in [-0.39, 0.29) is 22.2 Å². The molecule has 2 aromatic heterocycles. The number of benzene rings is 2. The predicted molar refractivity (Wildman–Crippen MR) is 122 cm³/mol. The lowest BCUT2D eigenvalue weighted by atomic mass is 10.0. The summed E-state index contributed by atoms with van der Waals surface area (Å²) in [7, 11) is 0. The van der Waals surface area contributed by atoms with Crippen molar-refractivity contribution in [3.05, 3.63) is 86.4 Å². The molecule has 0 aliphatic rings. The van der Waals surface area contributed by atoms with Gasteiger partial charge in [0.15, 0.2) is 10.9 Å². The molecule has 0 N–H and O–H groups in total. The SMILES string of the molecule is Cc1ccc(C(=O)C(C)Sc2nnc3c(=O)n(-c4ccc(Br)cc4)ccn23)cc1C. The number of thioether (sulfide) groups is 1. The fraction of sp³-hybridized carbons (Fsp3) is 0.182. The van der Waals surface area contributed by atoms with Crippen molar-refractivity contribution in [3.63, 3.8) is 0 Å². The van der Waals surface area contributed by atoms with Crippen LogP contribution in [0.5, 0.6) is 0 Å². The Morgan fingerprint density at radius 2 is 1.77 bits per heavy atom. The Balaban J connectivity index is 1.63. The molecule has 4 rings (SSSR count). The number of carbonyl (C=O) groups excluding carboxylic acids is 1. The van der Waals surface area contributed by atoms with Gasteiger partial charge in [-0.05, 0) is 62.2 Å². The quantitative estimate of drug-likeness (QED) is 0.306. The molecule has 152 valence electrons. The van der Waals surface area contributed by atoms with Gasteiger partial charge in [0.05, 0.1) is 5.25 Å². The molecule has 0 saturated carbocycles. The van der Waals surface area contributed by atoms with E-state index >= 15 is 0 Å².